The summed E-state index contributed by atoms with van der Waals surface area (Å²) in [5.74, 6) is 0. The first kappa shape index (κ1) is 18.9. The lowest BCUT2D eigenvalue weighted by Crippen LogP contribution is -2.64. The van der Waals surface area contributed by atoms with Crippen LogP contribution in [0, 0.1) is 6.92 Å². The molecule has 148 valence electrons. The molecule has 1 atom stereocenters. The van der Waals surface area contributed by atoms with Gasteiger partial charge in [-0.1, -0.05) is 108 Å². The Labute approximate surface area is 179 Å². The maximum atomic E-state index is 3.58. The molecule has 0 bridgehead atoms. The topological polar surface area (TPSA) is 2.70 Å². The van der Waals surface area contributed by atoms with Gasteiger partial charge in [0.05, 0.1) is 7.11 Å². The standard InChI is InChI=1S/C28H27BO/c1-21-13-17-27(18-14-21)29(26-11-5-4-6-12-26)28(22(2)20-30(29)3)25-16-15-23-9-7-8-10-24(23)19-25/h4-19H,20H2,1-3H3. The predicted octanol–water partition coefficient (Wildman–Crippen LogP) is 5.42. The van der Waals surface area contributed by atoms with E-state index in [0.717, 1.165) is 6.61 Å². The van der Waals surface area contributed by atoms with Crippen LogP contribution in [0.25, 0.3) is 16.2 Å². The third-order valence-electron chi connectivity index (χ3n) is 6.79. The minimum Gasteiger partial charge on any atom is -0.659 e. The SMILES string of the molecule is CC1=C(c2ccc3ccccc3c2)[B-](c2ccccc2)(c2ccc(C)cc2)[O+](C)C1. The molecule has 30 heavy (non-hydrogen) atoms. The first-order chi connectivity index (χ1) is 14.6. The number of rotatable bonds is 3. The molecule has 1 aliphatic rings. The summed E-state index contributed by atoms with van der Waals surface area (Å²) in [6, 6.07) is 35.6. The van der Waals surface area contributed by atoms with Crippen LogP contribution in [0.3, 0.4) is 0 Å². The van der Waals surface area contributed by atoms with Crippen molar-refractivity contribution in [1.29, 1.82) is 0 Å². The summed E-state index contributed by atoms with van der Waals surface area (Å²) < 4.78 is 3.58. The maximum absolute atomic E-state index is 3.58. The molecule has 2 heteroatoms. The summed E-state index contributed by atoms with van der Waals surface area (Å²) in [5, 5.41) is 2.57. The summed E-state index contributed by atoms with van der Waals surface area (Å²) in [5.41, 5.74) is 8.14. The Hall–Kier alpha value is -3.10. The molecule has 1 heterocycles. The molecule has 0 radical (unpaired) electrons. The second-order valence-corrected chi connectivity index (χ2v) is 8.70. The third kappa shape index (κ3) is 2.83. The van der Waals surface area contributed by atoms with Gasteiger partial charge in [-0.25, -0.2) is 0 Å². The largest absolute Gasteiger partial charge is 0.659 e. The molecule has 5 rings (SSSR count). The van der Waals surface area contributed by atoms with Crippen LogP contribution < -0.4 is 10.9 Å². The number of aryl methyl sites for hydroxylation is 1. The number of benzene rings is 4. The predicted molar refractivity (Wildman–Crippen MR) is 131 cm³/mol. The third-order valence-corrected chi connectivity index (χ3v) is 6.79. The molecule has 1 aliphatic heterocycles. The van der Waals surface area contributed by atoms with Crippen LogP contribution in [0.4, 0.5) is 0 Å². The lowest BCUT2D eigenvalue weighted by atomic mass is 9.27. The van der Waals surface area contributed by atoms with Crippen molar-refractivity contribution >= 4 is 33.5 Å². The Morgan fingerprint density at radius 2 is 1.30 bits per heavy atom. The minimum atomic E-state index is -1.29. The van der Waals surface area contributed by atoms with E-state index < -0.39 is 6.35 Å². The van der Waals surface area contributed by atoms with E-state index in [1.54, 1.807) is 0 Å². The molecule has 4 aromatic rings. The highest BCUT2D eigenvalue weighted by atomic mass is 16.6. The number of hydrogen-bond acceptors (Lipinski definition) is 0. The Bertz CT molecular complexity index is 1240. The second-order valence-electron chi connectivity index (χ2n) is 8.70. The van der Waals surface area contributed by atoms with Crippen LogP contribution in [-0.2, 0) is 4.28 Å². The molecule has 0 amide bonds. The summed E-state index contributed by atoms with van der Waals surface area (Å²) in [6.45, 7) is 5.34. The number of hydrogen-bond donors (Lipinski definition) is 0. The molecular formula is C28H27BO. The first-order valence-corrected chi connectivity index (χ1v) is 10.7. The van der Waals surface area contributed by atoms with E-state index in [1.807, 2.05) is 0 Å². The molecule has 0 aliphatic carbocycles. The van der Waals surface area contributed by atoms with Crippen molar-refractivity contribution in [3.05, 3.63) is 114 Å². The second kappa shape index (κ2) is 7.30. The van der Waals surface area contributed by atoms with Crippen molar-refractivity contribution in [3.63, 3.8) is 0 Å². The molecule has 4 aromatic carbocycles. The maximum Gasteiger partial charge on any atom is 0.377 e. The molecule has 0 aromatic heterocycles. The molecule has 0 N–H and O–H groups in total. The normalized spacial score (nSPS) is 19.6. The Balaban J connectivity index is 1.82. The van der Waals surface area contributed by atoms with Crippen molar-refractivity contribution in [1.82, 2.24) is 0 Å². The van der Waals surface area contributed by atoms with E-state index in [2.05, 4.69) is 122 Å². The van der Waals surface area contributed by atoms with Crippen molar-refractivity contribution in [2.24, 2.45) is 0 Å². The Kier molecular flexibility index (Phi) is 4.60. The van der Waals surface area contributed by atoms with Crippen LogP contribution in [0.15, 0.2) is 103 Å². The van der Waals surface area contributed by atoms with E-state index in [9.17, 15) is 0 Å². The van der Waals surface area contributed by atoms with Crippen molar-refractivity contribution in [2.75, 3.05) is 13.7 Å². The van der Waals surface area contributed by atoms with Gasteiger partial charge < -0.3 is 4.28 Å². The van der Waals surface area contributed by atoms with Crippen LogP contribution in [-0.4, -0.2) is 20.1 Å². The van der Waals surface area contributed by atoms with Crippen LogP contribution in [0.2, 0.25) is 0 Å². The molecule has 0 fully saturated rings. The van der Waals surface area contributed by atoms with Crippen LogP contribution >= 0.6 is 0 Å². The molecule has 1 unspecified atom stereocenters. The lowest BCUT2D eigenvalue weighted by Gasteiger charge is -2.43. The average Bonchev–Trinajstić information content (AvgIpc) is 3.05. The zero-order chi connectivity index (χ0) is 20.7. The van der Waals surface area contributed by atoms with Gasteiger partial charge in [0.25, 0.3) is 0 Å². The highest BCUT2D eigenvalue weighted by Gasteiger charge is 2.50. The summed E-state index contributed by atoms with van der Waals surface area (Å²) in [6.07, 6.45) is -1.29. The molecular weight excluding hydrogens is 363 g/mol. The zero-order valence-electron chi connectivity index (χ0n) is 17.9. The quantitative estimate of drug-likeness (QED) is 0.325. The number of fused-ring (bicyclic) bond motifs is 1. The molecule has 0 spiro atoms. The fraction of sp³-hybridized carbons (Fsp3) is 0.143. The Morgan fingerprint density at radius 3 is 2.03 bits per heavy atom. The van der Waals surface area contributed by atoms with E-state index in [1.165, 1.54) is 43.9 Å². The van der Waals surface area contributed by atoms with Gasteiger partial charge in [0.1, 0.15) is 6.61 Å². The minimum absolute atomic E-state index is 0.894. The Morgan fingerprint density at radius 1 is 0.667 bits per heavy atom. The first-order valence-electron chi connectivity index (χ1n) is 10.7. The fourth-order valence-corrected chi connectivity index (χ4v) is 5.48. The highest BCUT2D eigenvalue weighted by Crippen LogP contribution is 2.40. The van der Waals surface area contributed by atoms with Crippen LogP contribution in [0.5, 0.6) is 0 Å². The van der Waals surface area contributed by atoms with Gasteiger partial charge in [-0.15, -0.1) is 10.9 Å². The van der Waals surface area contributed by atoms with Crippen molar-refractivity contribution in [2.45, 2.75) is 13.8 Å². The van der Waals surface area contributed by atoms with Gasteiger partial charge in [0.2, 0.25) is 0 Å². The van der Waals surface area contributed by atoms with Crippen LogP contribution in [0.1, 0.15) is 18.1 Å². The van der Waals surface area contributed by atoms with Crippen molar-refractivity contribution in [3.8, 4) is 0 Å². The summed E-state index contributed by atoms with van der Waals surface area (Å²) in [7, 11) is 2.20. The molecule has 0 saturated heterocycles. The zero-order valence-corrected chi connectivity index (χ0v) is 17.9. The van der Waals surface area contributed by atoms with E-state index >= 15 is 0 Å². The summed E-state index contributed by atoms with van der Waals surface area (Å²) >= 11 is 0. The molecule has 1 nitrogen and oxygen atoms in total. The van der Waals surface area contributed by atoms with Gasteiger partial charge in [-0.05, 0) is 36.3 Å². The monoisotopic (exact) mass is 390 g/mol. The van der Waals surface area contributed by atoms with Crippen molar-refractivity contribution < 1.29 is 4.28 Å². The van der Waals surface area contributed by atoms with E-state index in [4.69, 9.17) is 0 Å². The average molecular weight is 390 g/mol. The van der Waals surface area contributed by atoms with Gasteiger partial charge in [0.15, 0.2) is 0 Å². The van der Waals surface area contributed by atoms with E-state index in [0.29, 0.717) is 0 Å². The van der Waals surface area contributed by atoms with Gasteiger partial charge in [0, 0.05) is 0 Å². The highest BCUT2D eigenvalue weighted by molar-refractivity contribution is 7.12. The lowest BCUT2D eigenvalue weighted by molar-refractivity contribution is 0.0845. The fourth-order valence-electron chi connectivity index (χ4n) is 5.48. The van der Waals surface area contributed by atoms with Gasteiger partial charge >= 0.3 is 6.35 Å². The summed E-state index contributed by atoms with van der Waals surface area (Å²) in [4.78, 5) is 0. The van der Waals surface area contributed by atoms with E-state index in [-0.39, 0.29) is 0 Å². The molecule has 0 saturated carbocycles. The van der Waals surface area contributed by atoms with Gasteiger partial charge in [-0.3, -0.25) is 0 Å². The van der Waals surface area contributed by atoms with Gasteiger partial charge in [-0.2, -0.15) is 0 Å². The smallest absolute Gasteiger partial charge is 0.377 e.